The predicted molar refractivity (Wildman–Crippen MR) is 108 cm³/mol. The molecule has 0 bridgehead atoms. The van der Waals surface area contributed by atoms with Gasteiger partial charge in [-0.3, -0.25) is 10.2 Å². The van der Waals surface area contributed by atoms with Crippen molar-refractivity contribution in [3.63, 3.8) is 0 Å². The summed E-state index contributed by atoms with van der Waals surface area (Å²) >= 11 is 0. The molecule has 2 aromatic carbocycles. The minimum absolute atomic E-state index is 0.173. The number of rotatable bonds is 4. The number of hydrogen-bond donors (Lipinski definition) is 1. The van der Waals surface area contributed by atoms with Crippen molar-refractivity contribution in [3.8, 4) is 0 Å². The smallest absolute Gasteiger partial charge is 0.260 e. The number of azide groups is 1. The van der Waals surface area contributed by atoms with Crippen LogP contribution in [0.15, 0.2) is 63.5 Å². The highest BCUT2D eigenvalue weighted by atomic mass is 16.1. The third kappa shape index (κ3) is 2.94. The molecular weight excluding hydrogens is 340 g/mol. The largest absolute Gasteiger partial charge is 0.307 e. The molecule has 134 valence electrons. The number of anilines is 1. The fourth-order valence-corrected chi connectivity index (χ4v) is 3.61. The van der Waals surface area contributed by atoms with Crippen LogP contribution < -0.4 is 11.0 Å². The van der Waals surface area contributed by atoms with Crippen LogP contribution in [0.2, 0.25) is 0 Å². The lowest BCUT2D eigenvalue weighted by molar-refractivity contribution is 0.615. The minimum atomic E-state index is -0.173. The van der Waals surface area contributed by atoms with Crippen LogP contribution in [0.5, 0.6) is 0 Å². The van der Waals surface area contributed by atoms with Crippen LogP contribution in [0.3, 0.4) is 0 Å². The maximum atomic E-state index is 13.2. The van der Waals surface area contributed by atoms with E-state index in [1.54, 1.807) is 11.5 Å². The van der Waals surface area contributed by atoms with Crippen LogP contribution in [0.4, 0.5) is 11.4 Å². The average Bonchev–Trinajstić information content (AvgIpc) is 2.71. The maximum absolute atomic E-state index is 13.2. The zero-order valence-electron chi connectivity index (χ0n) is 14.9. The van der Waals surface area contributed by atoms with Crippen LogP contribution in [-0.2, 0) is 13.0 Å². The fraction of sp³-hybridized carbons (Fsp3) is 0.200. The highest BCUT2D eigenvalue weighted by Gasteiger charge is 2.22. The molecule has 27 heavy (non-hydrogen) atoms. The number of hydrogen-bond acceptors (Lipinski definition) is 4. The van der Waals surface area contributed by atoms with Gasteiger partial charge in [-0.1, -0.05) is 41.5 Å². The summed E-state index contributed by atoms with van der Waals surface area (Å²) in [6, 6.07) is 15.3. The molecule has 7 heteroatoms. The molecule has 0 fully saturated rings. The van der Waals surface area contributed by atoms with E-state index in [4.69, 9.17) is 5.53 Å². The molecule has 0 saturated carbocycles. The second kappa shape index (κ2) is 6.97. The molecular formula is C20H18N6O. The zero-order chi connectivity index (χ0) is 18.8. The van der Waals surface area contributed by atoms with E-state index in [0.717, 1.165) is 35.0 Å². The lowest BCUT2D eigenvalue weighted by Crippen LogP contribution is -2.29. The highest BCUT2D eigenvalue weighted by molar-refractivity contribution is 6.09. The minimum Gasteiger partial charge on any atom is -0.307 e. The lowest BCUT2D eigenvalue weighted by Gasteiger charge is -2.22. The van der Waals surface area contributed by atoms with Crippen molar-refractivity contribution in [1.29, 1.82) is 0 Å². The van der Waals surface area contributed by atoms with E-state index in [2.05, 4.69) is 20.6 Å². The Balaban J connectivity index is 1.95. The normalized spacial score (nSPS) is 13.3. The summed E-state index contributed by atoms with van der Waals surface area (Å²) in [5.41, 5.74) is 15.8. The third-order valence-corrected chi connectivity index (χ3v) is 4.80. The van der Waals surface area contributed by atoms with E-state index in [1.807, 2.05) is 48.5 Å². The second-order valence-electron chi connectivity index (χ2n) is 6.46. The molecule has 2 heterocycles. The Morgan fingerprint density at radius 3 is 2.78 bits per heavy atom. The Labute approximate surface area is 155 Å². The first-order valence-electron chi connectivity index (χ1n) is 8.80. The molecule has 1 N–H and O–H groups in total. The first kappa shape index (κ1) is 16.9. The van der Waals surface area contributed by atoms with Gasteiger partial charge < -0.3 is 4.57 Å². The standard InChI is InChI=1S/C20H18N6O/c1-13(22-23-15-9-3-2-4-10-15)17-18(24-25-21)16-11-5-7-14-8-6-12-26(19(14)16)20(17)27/h2-5,7,9-11,23H,6,8,12H2,1H3/b22-13+. The fourth-order valence-electron chi connectivity index (χ4n) is 3.61. The second-order valence-corrected chi connectivity index (χ2v) is 6.46. The van der Waals surface area contributed by atoms with Gasteiger partial charge in [-0.15, -0.1) is 0 Å². The Bertz CT molecular complexity index is 1160. The predicted octanol–water partition coefficient (Wildman–Crippen LogP) is 4.73. The van der Waals surface area contributed by atoms with Gasteiger partial charge in [-0.25, -0.2) is 0 Å². The molecule has 7 nitrogen and oxygen atoms in total. The lowest BCUT2D eigenvalue weighted by atomic mass is 9.97. The van der Waals surface area contributed by atoms with E-state index in [9.17, 15) is 4.79 Å². The van der Waals surface area contributed by atoms with Crippen LogP contribution in [0.25, 0.3) is 21.3 Å². The van der Waals surface area contributed by atoms with Crippen molar-refractivity contribution in [2.24, 2.45) is 10.2 Å². The van der Waals surface area contributed by atoms with Crippen molar-refractivity contribution >= 4 is 28.0 Å². The molecule has 4 rings (SSSR count). The number of aromatic nitrogens is 1. The van der Waals surface area contributed by atoms with Gasteiger partial charge in [0.25, 0.3) is 5.56 Å². The van der Waals surface area contributed by atoms with Crippen molar-refractivity contribution < 1.29 is 0 Å². The molecule has 1 aromatic heterocycles. The molecule has 0 spiro atoms. The third-order valence-electron chi connectivity index (χ3n) is 4.80. The van der Waals surface area contributed by atoms with E-state index in [-0.39, 0.29) is 5.56 Å². The number of aryl methyl sites for hydroxylation is 2. The topological polar surface area (TPSA) is 95.2 Å². The molecule has 1 aliphatic rings. The summed E-state index contributed by atoms with van der Waals surface area (Å²) in [5.74, 6) is 0. The molecule has 3 aromatic rings. The number of hydrazone groups is 1. The quantitative estimate of drug-likeness (QED) is 0.240. The molecule has 0 unspecified atom stereocenters. The molecule has 0 atom stereocenters. The molecule has 0 radical (unpaired) electrons. The summed E-state index contributed by atoms with van der Waals surface area (Å²) in [6.07, 6.45) is 1.82. The Morgan fingerprint density at radius 2 is 2.00 bits per heavy atom. The number of para-hydroxylation sites is 2. The van der Waals surface area contributed by atoms with Gasteiger partial charge in [0.2, 0.25) is 0 Å². The first-order valence-corrected chi connectivity index (χ1v) is 8.80. The summed E-state index contributed by atoms with van der Waals surface area (Å²) < 4.78 is 1.78. The van der Waals surface area contributed by atoms with Crippen molar-refractivity contribution in [1.82, 2.24) is 4.57 Å². The van der Waals surface area contributed by atoms with Gasteiger partial charge in [0.1, 0.15) is 0 Å². The SMILES string of the molecule is C/C(=N\Nc1ccccc1)c1c(N=[N+]=[N-])c2cccc3c2n(c1=O)CCC3. The summed E-state index contributed by atoms with van der Waals surface area (Å²) in [7, 11) is 0. The zero-order valence-corrected chi connectivity index (χ0v) is 14.9. The van der Waals surface area contributed by atoms with Crippen LogP contribution in [-0.4, -0.2) is 10.3 Å². The monoisotopic (exact) mass is 358 g/mol. The summed E-state index contributed by atoms with van der Waals surface area (Å²) in [5, 5.41) is 9.02. The number of nitrogens with one attached hydrogen (secondary N) is 1. The number of benzene rings is 2. The van der Waals surface area contributed by atoms with Crippen LogP contribution in [0.1, 0.15) is 24.5 Å². The average molecular weight is 358 g/mol. The van der Waals surface area contributed by atoms with E-state index < -0.39 is 0 Å². The first-order chi connectivity index (χ1) is 13.2. The summed E-state index contributed by atoms with van der Waals surface area (Å²) in [4.78, 5) is 16.2. The van der Waals surface area contributed by atoms with Gasteiger partial charge >= 0.3 is 0 Å². The Kier molecular flexibility index (Phi) is 4.36. The van der Waals surface area contributed by atoms with Crippen LogP contribution in [0, 0.1) is 0 Å². The molecule has 0 saturated heterocycles. The number of pyridine rings is 1. The van der Waals surface area contributed by atoms with E-state index in [0.29, 0.717) is 23.5 Å². The Hall–Kier alpha value is -3.57. The van der Waals surface area contributed by atoms with Crippen LogP contribution >= 0.6 is 0 Å². The maximum Gasteiger partial charge on any atom is 0.260 e. The van der Waals surface area contributed by atoms with E-state index >= 15 is 0 Å². The number of nitrogens with zero attached hydrogens (tertiary/aromatic N) is 5. The Morgan fingerprint density at radius 1 is 1.19 bits per heavy atom. The molecule has 0 aliphatic carbocycles. The molecule has 0 amide bonds. The highest BCUT2D eigenvalue weighted by Crippen LogP contribution is 2.33. The van der Waals surface area contributed by atoms with Gasteiger partial charge in [-0.05, 0) is 43.0 Å². The van der Waals surface area contributed by atoms with Crippen molar-refractivity contribution in [2.45, 2.75) is 26.3 Å². The van der Waals surface area contributed by atoms with Gasteiger partial charge in [-0.2, -0.15) is 5.10 Å². The van der Waals surface area contributed by atoms with Crippen molar-refractivity contribution in [3.05, 3.63) is 80.5 Å². The summed E-state index contributed by atoms with van der Waals surface area (Å²) in [6.45, 7) is 2.39. The molecule has 1 aliphatic heterocycles. The van der Waals surface area contributed by atoms with Gasteiger partial charge in [0.15, 0.2) is 0 Å². The van der Waals surface area contributed by atoms with E-state index in [1.165, 1.54) is 0 Å². The van der Waals surface area contributed by atoms with Gasteiger partial charge in [0.05, 0.1) is 28.2 Å². The van der Waals surface area contributed by atoms with Gasteiger partial charge in [0, 0.05) is 16.8 Å². The van der Waals surface area contributed by atoms with Crippen molar-refractivity contribution in [2.75, 3.05) is 5.43 Å².